The summed E-state index contributed by atoms with van der Waals surface area (Å²) < 4.78 is 22.3. The van der Waals surface area contributed by atoms with Crippen molar-refractivity contribution in [1.82, 2.24) is 5.32 Å². The van der Waals surface area contributed by atoms with Crippen molar-refractivity contribution in [1.29, 1.82) is 0 Å². The lowest BCUT2D eigenvalue weighted by Crippen LogP contribution is -2.52. The molecule has 0 spiro atoms. The van der Waals surface area contributed by atoms with E-state index >= 15 is 0 Å². The van der Waals surface area contributed by atoms with E-state index in [9.17, 15) is 4.79 Å². The molecule has 6 nitrogen and oxygen atoms in total. The summed E-state index contributed by atoms with van der Waals surface area (Å²) in [4.78, 5) is 14.8. The molecule has 226 valence electrons. The number of rotatable bonds is 15. The van der Waals surface area contributed by atoms with E-state index < -0.39 is 17.2 Å². The predicted molar refractivity (Wildman–Crippen MR) is 170 cm³/mol. The van der Waals surface area contributed by atoms with Crippen molar-refractivity contribution in [2.75, 3.05) is 20.5 Å². The molecule has 1 amide bonds. The number of amides is 1. The molecule has 0 saturated heterocycles. The van der Waals surface area contributed by atoms with Gasteiger partial charge in [-0.15, -0.1) is 0 Å². The highest BCUT2D eigenvalue weighted by Crippen LogP contribution is 2.33. The molecule has 1 N–H and O–H groups in total. The summed E-state index contributed by atoms with van der Waals surface area (Å²) in [5.74, 6) is 0.825. The number of carbonyl (C=O) groups excluding carboxylic acids is 1. The number of carbonyl (C=O) groups is 1. The zero-order chi connectivity index (χ0) is 30.4. The number of hydrogen-bond acceptors (Lipinski definition) is 6. The molecule has 0 radical (unpaired) electrons. The van der Waals surface area contributed by atoms with Gasteiger partial charge in [0.15, 0.2) is 0 Å². The number of allylic oxidation sites excluding steroid dienone is 1. The molecule has 1 unspecified atom stereocenters. The van der Waals surface area contributed by atoms with Crippen molar-refractivity contribution in [2.45, 2.75) is 74.5 Å². The van der Waals surface area contributed by atoms with Crippen LogP contribution < -0.4 is 10.1 Å². The third-order valence-corrected chi connectivity index (χ3v) is 7.51. The van der Waals surface area contributed by atoms with Crippen LogP contribution in [0.3, 0.4) is 0 Å². The molecule has 0 aliphatic heterocycles. The first-order chi connectivity index (χ1) is 20.1. The number of halogens is 1. The molecule has 3 aromatic carbocycles. The predicted octanol–water partition coefficient (Wildman–Crippen LogP) is 8.85. The van der Waals surface area contributed by atoms with Gasteiger partial charge in [0.25, 0.3) is 0 Å². The van der Waals surface area contributed by atoms with Gasteiger partial charge < -0.3 is 24.3 Å². The van der Waals surface area contributed by atoms with Gasteiger partial charge in [-0.1, -0.05) is 78.0 Å². The van der Waals surface area contributed by atoms with E-state index in [1.807, 2.05) is 82.3 Å². The first-order valence-electron chi connectivity index (χ1n) is 14.1. The molecule has 42 heavy (non-hydrogen) atoms. The van der Waals surface area contributed by atoms with Gasteiger partial charge in [0, 0.05) is 21.9 Å². The van der Waals surface area contributed by atoms with Gasteiger partial charge in [-0.3, -0.25) is 0 Å². The number of benzene rings is 3. The highest BCUT2D eigenvalue weighted by Gasteiger charge is 2.31. The van der Waals surface area contributed by atoms with Gasteiger partial charge in [-0.05, 0) is 88.4 Å². The van der Waals surface area contributed by atoms with Crippen LogP contribution in [-0.4, -0.2) is 37.7 Å². The van der Waals surface area contributed by atoms with Crippen LogP contribution in [0.2, 0.25) is 5.02 Å². The van der Waals surface area contributed by atoms with Gasteiger partial charge in [0.2, 0.25) is 0 Å². The molecule has 3 rings (SSSR count). The Hall–Kier alpha value is -2.97. The summed E-state index contributed by atoms with van der Waals surface area (Å²) in [6.07, 6.45) is 5.51. The van der Waals surface area contributed by atoms with E-state index in [0.29, 0.717) is 18.1 Å². The van der Waals surface area contributed by atoms with Crippen molar-refractivity contribution in [3.05, 3.63) is 101 Å². The minimum atomic E-state index is -0.745. The zero-order valence-electron chi connectivity index (χ0n) is 25.2. The molecule has 0 heterocycles. The van der Waals surface area contributed by atoms with Crippen LogP contribution in [-0.2, 0) is 27.2 Å². The summed E-state index contributed by atoms with van der Waals surface area (Å²) in [5, 5.41) is 3.74. The third-order valence-electron chi connectivity index (χ3n) is 6.18. The van der Waals surface area contributed by atoms with Crippen LogP contribution in [0, 0.1) is 0 Å². The number of methoxy groups -OCH3 is 1. The number of aryl methyl sites for hydroxylation is 1. The summed E-state index contributed by atoms with van der Waals surface area (Å²) in [7, 11) is 1.57. The van der Waals surface area contributed by atoms with Crippen molar-refractivity contribution in [2.24, 2.45) is 0 Å². The lowest BCUT2D eigenvalue weighted by atomic mass is 9.91. The van der Waals surface area contributed by atoms with Crippen LogP contribution in [0.1, 0.15) is 51.7 Å². The van der Waals surface area contributed by atoms with Gasteiger partial charge in [-0.25, -0.2) is 4.79 Å². The van der Waals surface area contributed by atoms with Crippen molar-refractivity contribution >= 4 is 29.5 Å². The number of nitrogens with one attached hydrogen (secondary N) is 1. The Kier molecular flexibility index (Phi) is 13.3. The molecule has 8 heteroatoms. The van der Waals surface area contributed by atoms with E-state index in [2.05, 4.69) is 35.6 Å². The van der Waals surface area contributed by atoms with Gasteiger partial charge >= 0.3 is 6.09 Å². The summed E-state index contributed by atoms with van der Waals surface area (Å²) in [5.41, 5.74) is 0.823. The molecule has 0 aliphatic rings. The summed E-state index contributed by atoms with van der Waals surface area (Å²) in [6, 6.07) is 24.3. The average molecular weight is 612 g/mol. The Balaban J connectivity index is 1.62. The normalized spacial score (nSPS) is 13.1. The molecule has 0 saturated carbocycles. The first kappa shape index (κ1) is 33.5. The standard InChI is InChI=1S/C34H42ClNO5S/c1-6-19-34(24-39-25-38-5,36-32(37)41-33(2,3)4)20-11-14-27-17-18-30(22-31(27)35)42-29-16-10-15-28(21-29)40-23-26-12-8-7-9-13-26/h6-10,12-13,15-19,21-22H,11,14,20,23-25H2,1-5H3,(H,36,37)/b19-6-. The minimum absolute atomic E-state index is 0.127. The SMILES string of the molecule is C/C=C\C(CCCc1ccc(Sc2cccc(OCc3ccccc3)c2)cc1Cl)(COCOC)NC(=O)OC(C)(C)C. The second-order valence-electron chi connectivity index (χ2n) is 11.0. The fourth-order valence-corrected chi connectivity index (χ4v) is 5.62. The van der Waals surface area contributed by atoms with Crippen LogP contribution in [0.4, 0.5) is 4.79 Å². The van der Waals surface area contributed by atoms with E-state index in [1.54, 1.807) is 18.9 Å². The van der Waals surface area contributed by atoms with E-state index in [-0.39, 0.29) is 13.4 Å². The fourth-order valence-electron chi connectivity index (χ4n) is 4.37. The molecular weight excluding hydrogens is 570 g/mol. The maximum atomic E-state index is 12.7. The molecule has 0 aliphatic carbocycles. The van der Waals surface area contributed by atoms with Gasteiger partial charge in [0.05, 0.1) is 12.1 Å². The Morgan fingerprint density at radius 3 is 2.45 bits per heavy atom. The fraction of sp³-hybridized carbons (Fsp3) is 0.382. The van der Waals surface area contributed by atoms with E-state index in [4.69, 9.17) is 30.5 Å². The molecule has 0 aromatic heterocycles. The third kappa shape index (κ3) is 11.7. The maximum absolute atomic E-state index is 12.7. The van der Waals surface area contributed by atoms with Crippen LogP contribution >= 0.6 is 23.4 Å². The molecule has 3 aromatic rings. The Bertz CT molecular complexity index is 1290. The van der Waals surface area contributed by atoms with Crippen molar-refractivity contribution < 1.29 is 23.7 Å². The Morgan fingerprint density at radius 2 is 1.76 bits per heavy atom. The van der Waals surface area contributed by atoms with E-state index in [0.717, 1.165) is 39.5 Å². The number of ether oxygens (including phenoxy) is 4. The van der Waals surface area contributed by atoms with Crippen LogP contribution in [0.15, 0.2) is 94.7 Å². The lowest BCUT2D eigenvalue weighted by molar-refractivity contribution is -0.0492. The minimum Gasteiger partial charge on any atom is -0.489 e. The summed E-state index contributed by atoms with van der Waals surface area (Å²) in [6.45, 7) is 8.34. The number of hydrogen-bond donors (Lipinski definition) is 1. The van der Waals surface area contributed by atoms with Gasteiger partial charge in [0.1, 0.15) is 24.8 Å². The zero-order valence-corrected chi connectivity index (χ0v) is 26.7. The summed E-state index contributed by atoms with van der Waals surface area (Å²) >= 11 is 8.37. The second-order valence-corrected chi connectivity index (χ2v) is 12.6. The maximum Gasteiger partial charge on any atom is 0.408 e. The van der Waals surface area contributed by atoms with Gasteiger partial charge in [-0.2, -0.15) is 0 Å². The first-order valence-corrected chi connectivity index (χ1v) is 15.3. The second kappa shape index (κ2) is 16.6. The highest BCUT2D eigenvalue weighted by atomic mass is 35.5. The molecule has 0 bridgehead atoms. The topological polar surface area (TPSA) is 66.0 Å². The van der Waals surface area contributed by atoms with Crippen molar-refractivity contribution in [3.63, 3.8) is 0 Å². The average Bonchev–Trinajstić information content (AvgIpc) is 2.93. The Morgan fingerprint density at radius 1 is 1.00 bits per heavy atom. The van der Waals surface area contributed by atoms with Crippen LogP contribution in [0.5, 0.6) is 5.75 Å². The van der Waals surface area contributed by atoms with E-state index in [1.165, 1.54) is 0 Å². The monoisotopic (exact) mass is 611 g/mol. The lowest BCUT2D eigenvalue weighted by Gasteiger charge is -2.33. The Labute approximate surface area is 259 Å². The molecule has 1 atom stereocenters. The van der Waals surface area contributed by atoms with Crippen LogP contribution in [0.25, 0.3) is 0 Å². The largest absolute Gasteiger partial charge is 0.489 e. The molecule has 0 fully saturated rings. The molecular formula is C34H42ClNO5S. The number of alkyl carbamates (subject to hydrolysis) is 1. The highest BCUT2D eigenvalue weighted by molar-refractivity contribution is 7.99. The smallest absolute Gasteiger partial charge is 0.408 e. The quantitative estimate of drug-likeness (QED) is 0.105. The van der Waals surface area contributed by atoms with Crippen molar-refractivity contribution in [3.8, 4) is 5.75 Å².